The van der Waals surface area contributed by atoms with Crippen LogP contribution in [0.1, 0.15) is 90.1 Å². The zero-order valence-electron chi connectivity index (χ0n) is 22.4. The van der Waals surface area contributed by atoms with Crippen LogP contribution in [0.2, 0.25) is 5.02 Å². The second-order valence-corrected chi connectivity index (χ2v) is 11.4. The van der Waals surface area contributed by atoms with Crippen LogP contribution in [0.15, 0.2) is 30.5 Å². The first-order chi connectivity index (χ1) is 18.3. The molecular weight excluding hydrogens is 528 g/mol. The number of carbonyl (C=O) groups excluding carboxylic acids is 2. The van der Waals surface area contributed by atoms with Gasteiger partial charge >= 0.3 is 0 Å². The Hall–Kier alpha value is -3.37. The Labute approximate surface area is 230 Å². The van der Waals surface area contributed by atoms with Gasteiger partial charge in [0.1, 0.15) is 11.3 Å². The topological polar surface area (TPSA) is 91.6 Å². The molecule has 2 aromatic heterocycles. The highest BCUT2D eigenvalue weighted by atomic mass is 35.5. The molecule has 0 radical (unpaired) electrons. The van der Waals surface area contributed by atoms with E-state index < -0.39 is 33.7 Å². The lowest BCUT2D eigenvalue weighted by atomic mass is 9.96. The molecule has 8 nitrogen and oxygen atoms in total. The van der Waals surface area contributed by atoms with Gasteiger partial charge in [0.2, 0.25) is 0 Å². The van der Waals surface area contributed by atoms with Crippen LogP contribution >= 0.6 is 11.6 Å². The number of rotatable bonds is 4. The Kier molecular flexibility index (Phi) is 6.75. The van der Waals surface area contributed by atoms with Crippen molar-refractivity contribution >= 4 is 23.4 Å². The summed E-state index contributed by atoms with van der Waals surface area (Å²) in [6.07, 6.45) is 2.04. The molecule has 0 spiro atoms. The van der Waals surface area contributed by atoms with Gasteiger partial charge in [0.25, 0.3) is 11.8 Å². The lowest BCUT2D eigenvalue weighted by Crippen LogP contribution is -2.45. The number of aromatic nitrogens is 3. The van der Waals surface area contributed by atoms with Gasteiger partial charge in [0.15, 0.2) is 11.6 Å². The summed E-state index contributed by atoms with van der Waals surface area (Å²) in [7, 11) is 0. The Morgan fingerprint density at radius 3 is 2.51 bits per heavy atom. The average Bonchev–Trinajstić information content (AvgIpc) is 3.27. The molecule has 206 valence electrons. The molecule has 2 aliphatic rings. The molecule has 1 aromatic carbocycles. The normalized spacial score (nSPS) is 20.1. The molecule has 0 fully saturated rings. The van der Waals surface area contributed by atoms with Crippen LogP contribution in [0.5, 0.6) is 0 Å². The molecule has 1 N–H and O–H groups in total. The first-order valence-electron chi connectivity index (χ1n) is 12.8. The summed E-state index contributed by atoms with van der Waals surface area (Å²) in [5.74, 6) is -3.47. The van der Waals surface area contributed by atoms with Crippen molar-refractivity contribution < 1.29 is 23.5 Å². The molecule has 5 rings (SSSR count). The number of hydrogen-bond acceptors (Lipinski definition) is 5. The molecule has 2 aliphatic heterocycles. The van der Waals surface area contributed by atoms with E-state index in [9.17, 15) is 23.5 Å². The van der Waals surface area contributed by atoms with Gasteiger partial charge < -0.3 is 14.9 Å². The van der Waals surface area contributed by atoms with Crippen LogP contribution < -0.4 is 0 Å². The van der Waals surface area contributed by atoms with Crippen molar-refractivity contribution in [1.82, 2.24) is 24.6 Å². The zero-order valence-corrected chi connectivity index (χ0v) is 23.1. The second kappa shape index (κ2) is 9.67. The molecule has 0 aliphatic carbocycles. The van der Waals surface area contributed by atoms with Crippen LogP contribution in [0.4, 0.5) is 8.78 Å². The number of nitrogens with zero attached hydrogens (tertiary/aromatic N) is 5. The standard InChI is InChI=1S/C28H30ClF2N5O3/c1-14-10-21-19(13-34(14)26(37)18-7-8-20(29)24(31)23(18)30)25-27(38)35(12-15(2)36(25)33-21)16(3)17-6-9-22(32-11-17)28(4,5)39/h6-9,11,14-16,39H,10,12-13H2,1-5H3/t14-,15-,16-/m1/s1. The highest BCUT2D eigenvalue weighted by molar-refractivity contribution is 6.30. The number of carbonyl (C=O) groups is 2. The minimum absolute atomic E-state index is 0.0386. The molecule has 0 unspecified atom stereocenters. The number of aliphatic hydroxyl groups is 1. The summed E-state index contributed by atoms with van der Waals surface area (Å²) < 4.78 is 30.4. The molecule has 0 saturated heterocycles. The van der Waals surface area contributed by atoms with E-state index in [-0.39, 0.29) is 30.6 Å². The third-order valence-corrected chi connectivity index (χ3v) is 7.96. The van der Waals surface area contributed by atoms with Crippen LogP contribution in [-0.2, 0) is 18.6 Å². The van der Waals surface area contributed by atoms with Gasteiger partial charge in [-0.05, 0) is 58.4 Å². The van der Waals surface area contributed by atoms with Crippen LogP contribution in [0.25, 0.3) is 0 Å². The molecule has 0 bridgehead atoms. The van der Waals surface area contributed by atoms with Crippen LogP contribution in [0, 0.1) is 11.6 Å². The van der Waals surface area contributed by atoms with E-state index in [4.69, 9.17) is 16.7 Å². The third-order valence-electron chi connectivity index (χ3n) is 7.67. The number of halogens is 3. The van der Waals surface area contributed by atoms with Gasteiger partial charge in [-0.15, -0.1) is 0 Å². The monoisotopic (exact) mass is 557 g/mol. The number of amides is 2. The van der Waals surface area contributed by atoms with E-state index in [2.05, 4.69) is 4.98 Å². The summed E-state index contributed by atoms with van der Waals surface area (Å²) in [6.45, 7) is 9.48. The fourth-order valence-electron chi connectivity index (χ4n) is 5.33. The maximum Gasteiger partial charge on any atom is 0.273 e. The number of fused-ring (bicyclic) bond motifs is 3. The maximum absolute atomic E-state index is 14.6. The number of pyridine rings is 1. The molecule has 4 heterocycles. The van der Waals surface area contributed by atoms with Crippen molar-refractivity contribution in [1.29, 1.82) is 0 Å². The van der Waals surface area contributed by atoms with Gasteiger partial charge in [0.05, 0.1) is 40.6 Å². The average molecular weight is 558 g/mol. The van der Waals surface area contributed by atoms with Gasteiger partial charge in [-0.2, -0.15) is 5.10 Å². The fourth-order valence-corrected chi connectivity index (χ4v) is 5.48. The second-order valence-electron chi connectivity index (χ2n) is 10.9. The van der Waals surface area contributed by atoms with E-state index >= 15 is 0 Å². The predicted octanol–water partition coefficient (Wildman–Crippen LogP) is 4.80. The van der Waals surface area contributed by atoms with Crippen molar-refractivity contribution in [3.05, 3.63) is 80.9 Å². The lowest BCUT2D eigenvalue weighted by Gasteiger charge is -2.37. The van der Waals surface area contributed by atoms with E-state index in [1.54, 1.807) is 35.7 Å². The summed E-state index contributed by atoms with van der Waals surface area (Å²) in [5.41, 5.74) is 1.57. The Morgan fingerprint density at radius 1 is 1.15 bits per heavy atom. The van der Waals surface area contributed by atoms with Crippen molar-refractivity contribution in [3.63, 3.8) is 0 Å². The SMILES string of the molecule is C[C@@H]1Cc2nn3c(c2CN1C(=O)c1ccc(Cl)c(F)c1F)C(=O)N([C@H](C)c1ccc(C(C)(C)O)nc1)C[C@H]3C. The Morgan fingerprint density at radius 2 is 1.87 bits per heavy atom. The first kappa shape index (κ1) is 27.2. The molecule has 3 aromatic rings. The largest absolute Gasteiger partial charge is 0.384 e. The molecule has 39 heavy (non-hydrogen) atoms. The molecular formula is C28H30ClF2N5O3. The van der Waals surface area contributed by atoms with E-state index in [0.717, 1.165) is 17.3 Å². The highest BCUT2D eigenvalue weighted by Crippen LogP contribution is 2.35. The fraction of sp³-hybridized carbons (Fsp3) is 0.429. The van der Waals surface area contributed by atoms with Crippen molar-refractivity contribution in [2.75, 3.05) is 6.54 Å². The molecule has 2 amide bonds. The number of benzene rings is 1. The quantitative estimate of drug-likeness (QED) is 0.465. The van der Waals surface area contributed by atoms with Gasteiger partial charge in [-0.25, -0.2) is 8.78 Å². The van der Waals surface area contributed by atoms with E-state index in [0.29, 0.717) is 29.9 Å². The molecule has 0 saturated carbocycles. The summed E-state index contributed by atoms with van der Waals surface area (Å²) >= 11 is 5.67. The van der Waals surface area contributed by atoms with Gasteiger partial charge in [0, 0.05) is 30.8 Å². The molecule has 11 heteroatoms. The number of hydrogen-bond donors (Lipinski definition) is 1. The first-order valence-corrected chi connectivity index (χ1v) is 13.2. The van der Waals surface area contributed by atoms with Crippen LogP contribution in [-0.4, -0.2) is 54.1 Å². The molecule has 3 atom stereocenters. The summed E-state index contributed by atoms with van der Waals surface area (Å²) in [4.78, 5) is 34.8. The van der Waals surface area contributed by atoms with Crippen molar-refractivity contribution in [2.24, 2.45) is 0 Å². The smallest absolute Gasteiger partial charge is 0.273 e. The van der Waals surface area contributed by atoms with Gasteiger partial charge in [-0.3, -0.25) is 19.3 Å². The van der Waals surface area contributed by atoms with E-state index in [1.807, 2.05) is 26.8 Å². The van der Waals surface area contributed by atoms with E-state index in [1.165, 1.54) is 11.0 Å². The minimum Gasteiger partial charge on any atom is -0.384 e. The van der Waals surface area contributed by atoms with Crippen molar-refractivity contribution in [3.8, 4) is 0 Å². The van der Waals surface area contributed by atoms with Crippen molar-refractivity contribution in [2.45, 2.75) is 71.3 Å². The zero-order chi connectivity index (χ0) is 28.4. The predicted molar refractivity (Wildman–Crippen MR) is 140 cm³/mol. The maximum atomic E-state index is 14.6. The lowest BCUT2D eigenvalue weighted by molar-refractivity contribution is 0.0571. The highest BCUT2D eigenvalue weighted by Gasteiger charge is 2.41. The minimum atomic E-state index is -1.29. The summed E-state index contributed by atoms with van der Waals surface area (Å²) in [6, 6.07) is 5.15. The Bertz CT molecular complexity index is 1470. The third kappa shape index (κ3) is 4.59. The Balaban J connectivity index is 1.46. The van der Waals surface area contributed by atoms with Gasteiger partial charge in [-0.1, -0.05) is 17.7 Å². The summed E-state index contributed by atoms with van der Waals surface area (Å²) in [5, 5.41) is 14.6. The van der Waals surface area contributed by atoms with Crippen LogP contribution in [0.3, 0.4) is 0 Å².